The van der Waals surface area contributed by atoms with E-state index in [4.69, 9.17) is 0 Å². The Labute approximate surface area is 98.4 Å². The number of rotatable bonds is 6. The van der Waals surface area contributed by atoms with Gasteiger partial charge >= 0.3 is 0 Å². The van der Waals surface area contributed by atoms with Crippen molar-refractivity contribution in [3.05, 3.63) is 0 Å². The second-order valence-electron chi connectivity index (χ2n) is 4.95. The topological polar surface area (TPSA) is 66.4 Å². The quantitative estimate of drug-likeness (QED) is 0.680. The van der Waals surface area contributed by atoms with Crippen LogP contribution in [0, 0.1) is 0 Å². The summed E-state index contributed by atoms with van der Waals surface area (Å²) in [6, 6.07) is 0. The molecule has 0 aromatic heterocycles. The predicted molar refractivity (Wildman–Crippen MR) is 65.2 cm³/mol. The molecule has 4 nitrogen and oxygen atoms in total. The maximum atomic E-state index is 10.9. The molecule has 5 heteroatoms. The summed E-state index contributed by atoms with van der Waals surface area (Å²) in [6.07, 6.45) is 7.02. The van der Waals surface area contributed by atoms with Gasteiger partial charge in [0.25, 0.3) is 0 Å². The van der Waals surface area contributed by atoms with Crippen LogP contribution in [-0.2, 0) is 9.84 Å². The van der Waals surface area contributed by atoms with E-state index >= 15 is 0 Å². The monoisotopic (exact) mass is 249 g/mol. The van der Waals surface area contributed by atoms with Crippen molar-refractivity contribution in [1.82, 2.24) is 5.32 Å². The second-order valence-corrected chi connectivity index (χ2v) is 7.20. The van der Waals surface area contributed by atoms with Gasteiger partial charge in [-0.1, -0.05) is 19.3 Å². The van der Waals surface area contributed by atoms with Crippen LogP contribution in [0.15, 0.2) is 0 Å². The first-order valence-electron chi connectivity index (χ1n) is 6.02. The van der Waals surface area contributed by atoms with Crippen LogP contribution >= 0.6 is 0 Å². The van der Waals surface area contributed by atoms with Gasteiger partial charge in [0.2, 0.25) is 0 Å². The minimum atomic E-state index is -2.85. The zero-order valence-corrected chi connectivity index (χ0v) is 10.9. The molecule has 1 aliphatic carbocycles. The molecule has 0 saturated heterocycles. The fraction of sp³-hybridized carbons (Fsp3) is 1.00. The van der Waals surface area contributed by atoms with E-state index in [9.17, 15) is 13.5 Å². The molecule has 0 heterocycles. The predicted octanol–water partition coefficient (Wildman–Crippen LogP) is 0.706. The molecule has 0 aromatic carbocycles. The van der Waals surface area contributed by atoms with Gasteiger partial charge in [0, 0.05) is 12.8 Å². The maximum absolute atomic E-state index is 10.9. The Kier molecular flexibility index (Phi) is 5.21. The standard InChI is InChI=1S/C11H23NO3S/c1-16(14,15)9-5-8-12-10-11(13)6-3-2-4-7-11/h12-13H,2-10H2,1H3. The van der Waals surface area contributed by atoms with E-state index in [1.165, 1.54) is 12.7 Å². The van der Waals surface area contributed by atoms with Gasteiger partial charge in [-0.3, -0.25) is 0 Å². The highest BCUT2D eigenvalue weighted by Gasteiger charge is 2.28. The van der Waals surface area contributed by atoms with Crippen molar-refractivity contribution in [3.8, 4) is 0 Å². The molecule has 1 rings (SSSR count). The van der Waals surface area contributed by atoms with E-state index in [1.54, 1.807) is 0 Å². The third-order valence-electron chi connectivity index (χ3n) is 3.11. The molecule has 16 heavy (non-hydrogen) atoms. The maximum Gasteiger partial charge on any atom is 0.147 e. The highest BCUT2D eigenvalue weighted by molar-refractivity contribution is 7.90. The lowest BCUT2D eigenvalue weighted by atomic mass is 9.85. The van der Waals surface area contributed by atoms with E-state index < -0.39 is 15.4 Å². The molecular weight excluding hydrogens is 226 g/mol. The molecular formula is C11H23NO3S. The van der Waals surface area contributed by atoms with Crippen LogP contribution in [0.25, 0.3) is 0 Å². The first-order valence-corrected chi connectivity index (χ1v) is 8.08. The minimum Gasteiger partial charge on any atom is -0.389 e. The molecule has 0 radical (unpaired) electrons. The van der Waals surface area contributed by atoms with Crippen molar-refractivity contribution in [2.45, 2.75) is 44.1 Å². The fourth-order valence-electron chi connectivity index (χ4n) is 2.17. The van der Waals surface area contributed by atoms with Crippen LogP contribution in [0.3, 0.4) is 0 Å². The zero-order chi connectivity index (χ0) is 12.1. The summed E-state index contributed by atoms with van der Waals surface area (Å²) in [5, 5.41) is 13.3. The molecule has 0 bridgehead atoms. The lowest BCUT2D eigenvalue weighted by Crippen LogP contribution is -2.42. The molecule has 0 unspecified atom stereocenters. The molecule has 1 fully saturated rings. The van der Waals surface area contributed by atoms with Crippen molar-refractivity contribution in [3.63, 3.8) is 0 Å². The average Bonchev–Trinajstić information content (AvgIpc) is 2.16. The third-order valence-corrected chi connectivity index (χ3v) is 4.14. The Bertz CT molecular complexity index is 294. The number of hydrogen-bond acceptors (Lipinski definition) is 4. The molecule has 96 valence electrons. The van der Waals surface area contributed by atoms with Crippen molar-refractivity contribution in [2.75, 3.05) is 25.1 Å². The molecule has 0 atom stereocenters. The Hall–Kier alpha value is -0.130. The van der Waals surface area contributed by atoms with Crippen LogP contribution in [0.1, 0.15) is 38.5 Å². The smallest absolute Gasteiger partial charge is 0.147 e. The van der Waals surface area contributed by atoms with Crippen molar-refractivity contribution >= 4 is 9.84 Å². The number of hydrogen-bond donors (Lipinski definition) is 2. The van der Waals surface area contributed by atoms with Crippen molar-refractivity contribution in [2.24, 2.45) is 0 Å². The van der Waals surface area contributed by atoms with Gasteiger partial charge in [0.1, 0.15) is 9.84 Å². The number of nitrogens with one attached hydrogen (secondary N) is 1. The van der Waals surface area contributed by atoms with Gasteiger partial charge in [-0.05, 0) is 25.8 Å². The highest BCUT2D eigenvalue weighted by Crippen LogP contribution is 2.27. The molecule has 0 aromatic rings. The van der Waals surface area contributed by atoms with E-state index in [0.29, 0.717) is 19.5 Å². The number of sulfone groups is 1. The number of aliphatic hydroxyl groups is 1. The summed E-state index contributed by atoms with van der Waals surface area (Å²) in [6.45, 7) is 1.26. The molecule has 0 amide bonds. The molecule has 0 aliphatic heterocycles. The van der Waals surface area contributed by atoms with Gasteiger partial charge in [-0.2, -0.15) is 0 Å². The summed E-state index contributed by atoms with van der Waals surface area (Å²) in [5.41, 5.74) is -0.552. The van der Waals surface area contributed by atoms with E-state index in [-0.39, 0.29) is 5.75 Å². The Morgan fingerprint density at radius 2 is 1.88 bits per heavy atom. The van der Waals surface area contributed by atoms with E-state index in [1.807, 2.05) is 0 Å². The normalized spacial score (nSPS) is 20.9. The van der Waals surface area contributed by atoms with Crippen LogP contribution in [0.4, 0.5) is 0 Å². The summed E-state index contributed by atoms with van der Waals surface area (Å²) in [7, 11) is -2.85. The summed E-state index contributed by atoms with van der Waals surface area (Å²) < 4.78 is 21.8. The van der Waals surface area contributed by atoms with Crippen molar-refractivity contribution in [1.29, 1.82) is 0 Å². The van der Waals surface area contributed by atoms with Crippen LogP contribution in [-0.4, -0.2) is 44.2 Å². The first kappa shape index (κ1) is 13.9. The van der Waals surface area contributed by atoms with Crippen LogP contribution < -0.4 is 5.32 Å². The van der Waals surface area contributed by atoms with Gasteiger partial charge < -0.3 is 10.4 Å². The average molecular weight is 249 g/mol. The molecule has 1 aliphatic rings. The third kappa shape index (κ3) is 5.82. The molecule has 2 N–H and O–H groups in total. The Morgan fingerprint density at radius 3 is 2.44 bits per heavy atom. The Morgan fingerprint density at radius 1 is 1.25 bits per heavy atom. The van der Waals surface area contributed by atoms with Gasteiger partial charge in [-0.15, -0.1) is 0 Å². The summed E-state index contributed by atoms with van der Waals surface area (Å²) in [4.78, 5) is 0. The van der Waals surface area contributed by atoms with Gasteiger partial charge in [0.05, 0.1) is 11.4 Å². The van der Waals surface area contributed by atoms with Crippen molar-refractivity contribution < 1.29 is 13.5 Å². The lowest BCUT2D eigenvalue weighted by molar-refractivity contribution is 0.00514. The zero-order valence-electron chi connectivity index (χ0n) is 10.0. The summed E-state index contributed by atoms with van der Waals surface area (Å²) >= 11 is 0. The molecule has 1 saturated carbocycles. The minimum absolute atomic E-state index is 0.221. The van der Waals surface area contributed by atoms with Crippen LogP contribution in [0.2, 0.25) is 0 Å². The van der Waals surface area contributed by atoms with Crippen LogP contribution in [0.5, 0.6) is 0 Å². The largest absolute Gasteiger partial charge is 0.389 e. The van der Waals surface area contributed by atoms with Gasteiger partial charge in [0.15, 0.2) is 0 Å². The highest BCUT2D eigenvalue weighted by atomic mass is 32.2. The van der Waals surface area contributed by atoms with Gasteiger partial charge in [-0.25, -0.2) is 8.42 Å². The fourth-order valence-corrected chi connectivity index (χ4v) is 2.84. The SMILES string of the molecule is CS(=O)(=O)CCCNCC1(O)CCCCC1. The van der Waals surface area contributed by atoms with E-state index in [0.717, 1.165) is 25.7 Å². The molecule has 0 spiro atoms. The first-order chi connectivity index (χ1) is 7.41. The second kappa shape index (κ2) is 5.98. The Balaban J connectivity index is 2.10. The van der Waals surface area contributed by atoms with E-state index in [2.05, 4.69) is 5.32 Å². The lowest BCUT2D eigenvalue weighted by Gasteiger charge is -2.32. The summed E-state index contributed by atoms with van der Waals surface area (Å²) in [5.74, 6) is 0.221.